The molecule has 1 aromatic rings. The Hall–Kier alpha value is -1.28. The Bertz CT molecular complexity index is 358. The zero-order valence-electron chi connectivity index (χ0n) is 11.1. The summed E-state index contributed by atoms with van der Waals surface area (Å²) in [5.74, 6) is 1.65. The molecule has 0 aliphatic carbocycles. The predicted octanol–water partition coefficient (Wildman–Crippen LogP) is 3.31. The standard InChI is InChI=1S/C15H23NO/c1-5-9-17-15-13(4)7-6-8-14(15)11-16-10-12(2)3/h5-8,12,16H,1,9-11H2,2-4H3. The number of hydrogen-bond donors (Lipinski definition) is 1. The van der Waals surface area contributed by atoms with E-state index >= 15 is 0 Å². The highest BCUT2D eigenvalue weighted by Crippen LogP contribution is 2.23. The van der Waals surface area contributed by atoms with Crippen molar-refractivity contribution >= 4 is 0 Å². The van der Waals surface area contributed by atoms with Crippen molar-refractivity contribution in [1.29, 1.82) is 0 Å². The van der Waals surface area contributed by atoms with Crippen LogP contribution in [0.2, 0.25) is 0 Å². The summed E-state index contributed by atoms with van der Waals surface area (Å²) >= 11 is 0. The van der Waals surface area contributed by atoms with E-state index in [0.717, 1.165) is 18.8 Å². The molecule has 0 saturated heterocycles. The van der Waals surface area contributed by atoms with Crippen LogP contribution in [0.15, 0.2) is 30.9 Å². The van der Waals surface area contributed by atoms with Crippen molar-refractivity contribution in [3.63, 3.8) is 0 Å². The van der Waals surface area contributed by atoms with Crippen LogP contribution >= 0.6 is 0 Å². The lowest BCUT2D eigenvalue weighted by atomic mass is 10.1. The average Bonchev–Trinajstić information content (AvgIpc) is 2.28. The molecule has 1 aromatic carbocycles. The molecule has 0 heterocycles. The average molecular weight is 233 g/mol. The Morgan fingerprint density at radius 2 is 2.18 bits per heavy atom. The van der Waals surface area contributed by atoms with Gasteiger partial charge in [0.1, 0.15) is 12.4 Å². The van der Waals surface area contributed by atoms with Gasteiger partial charge in [0.2, 0.25) is 0 Å². The van der Waals surface area contributed by atoms with Crippen LogP contribution in [0.3, 0.4) is 0 Å². The lowest BCUT2D eigenvalue weighted by Crippen LogP contribution is -2.19. The minimum absolute atomic E-state index is 0.558. The zero-order chi connectivity index (χ0) is 12.7. The maximum absolute atomic E-state index is 5.72. The first-order valence-electron chi connectivity index (χ1n) is 6.18. The third-order valence-electron chi connectivity index (χ3n) is 2.51. The summed E-state index contributed by atoms with van der Waals surface area (Å²) in [7, 11) is 0. The second-order valence-electron chi connectivity index (χ2n) is 4.69. The molecule has 0 atom stereocenters. The third kappa shape index (κ3) is 4.61. The molecular formula is C15H23NO. The minimum atomic E-state index is 0.558. The third-order valence-corrected chi connectivity index (χ3v) is 2.51. The monoisotopic (exact) mass is 233 g/mol. The molecule has 1 N–H and O–H groups in total. The molecule has 0 radical (unpaired) electrons. The van der Waals surface area contributed by atoms with Gasteiger partial charge >= 0.3 is 0 Å². The molecule has 0 amide bonds. The zero-order valence-corrected chi connectivity index (χ0v) is 11.1. The van der Waals surface area contributed by atoms with Gasteiger partial charge in [-0.05, 0) is 24.9 Å². The lowest BCUT2D eigenvalue weighted by molar-refractivity contribution is 0.355. The highest BCUT2D eigenvalue weighted by atomic mass is 16.5. The molecule has 0 fully saturated rings. The van der Waals surface area contributed by atoms with Gasteiger partial charge in [-0.25, -0.2) is 0 Å². The number of aryl methyl sites for hydroxylation is 1. The molecule has 0 aliphatic heterocycles. The van der Waals surface area contributed by atoms with Crippen LogP contribution in [0.4, 0.5) is 0 Å². The quantitative estimate of drug-likeness (QED) is 0.730. The predicted molar refractivity (Wildman–Crippen MR) is 73.4 cm³/mol. The van der Waals surface area contributed by atoms with Crippen molar-refractivity contribution in [2.75, 3.05) is 13.2 Å². The fraction of sp³-hybridized carbons (Fsp3) is 0.467. The molecule has 0 aliphatic rings. The lowest BCUT2D eigenvalue weighted by Gasteiger charge is -2.14. The topological polar surface area (TPSA) is 21.3 Å². The van der Waals surface area contributed by atoms with Gasteiger partial charge in [0.05, 0.1) is 0 Å². The normalized spacial score (nSPS) is 10.6. The van der Waals surface area contributed by atoms with Gasteiger partial charge in [-0.15, -0.1) is 0 Å². The van der Waals surface area contributed by atoms with E-state index in [1.807, 2.05) is 0 Å². The van der Waals surface area contributed by atoms with E-state index in [2.05, 4.69) is 50.9 Å². The van der Waals surface area contributed by atoms with Crippen molar-refractivity contribution in [3.05, 3.63) is 42.0 Å². The number of para-hydroxylation sites is 1. The first-order chi connectivity index (χ1) is 8.15. The second-order valence-corrected chi connectivity index (χ2v) is 4.69. The number of ether oxygens (including phenoxy) is 1. The highest BCUT2D eigenvalue weighted by molar-refractivity contribution is 5.40. The Labute approximate surface area is 105 Å². The number of nitrogens with one attached hydrogen (secondary N) is 1. The van der Waals surface area contributed by atoms with Crippen molar-refractivity contribution in [2.45, 2.75) is 27.3 Å². The van der Waals surface area contributed by atoms with E-state index in [1.165, 1.54) is 11.1 Å². The summed E-state index contributed by atoms with van der Waals surface area (Å²) in [6.07, 6.45) is 1.78. The van der Waals surface area contributed by atoms with Gasteiger partial charge in [0, 0.05) is 12.1 Å². The maximum atomic E-state index is 5.72. The van der Waals surface area contributed by atoms with Gasteiger partial charge in [-0.3, -0.25) is 0 Å². The molecular weight excluding hydrogens is 210 g/mol. The molecule has 94 valence electrons. The SMILES string of the molecule is C=CCOc1c(C)cccc1CNCC(C)C. The Morgan fingerprint density at radius 1 is 1.41 bits per heavy atom. The summed E-state index contributed by atoms with van der Waals surface area (Å²) in [6, 6.07) is 6.26. The first kappa shape index (κ1) is 13.8. The van der Waals surface area contributed by atoms with Crippen LogP contribution in [0.25, 0.3) is 0 Å². The summed E-state index contributed by atoms with van der Waals surface area (Å²) in [5, 5.41) is 3.44. The number of rotatable bonds is 7. The molecule has 0 bridgehead atoms. The van der Waals surface area contributed by atoms with Gasteiger partial charge in [0.15, 0.2) is 0 Å². The van der Waals surface area contributed by atoms with Crippen LogP contribution in [0, 0.1) is 12.8 Å². The van der Waals surface area contributed by atoms with Crippen LogP contribution < -0.4 is 10.1 Å². The Morgan fingerprint density at radius 3 is 2.82 bits per heavy atom. The molecule has 0 unspecified atom stereocenters. The van der Waals surface area contributed by atoms with Crippen LogP contribution in [-0.4, -0.2) is 13.2 Å². The molecule has 17 heavy (non-hydrogen) atoms. The van der Waals surface area contributed by atoms with E-state index in [0.29, 0.717) is 12.5 Å². The van der Waals surface area contributed by atoms with Gasteiger partial charge in [0.25, 0.3) is 0 Å². The summed E-state index contributed by atoms with van der Waals surface area (Å²) in [4.78, 5) is 0. The molecule has 2 heteroatoms. The van der Waals surface area contributed by atoms with E-state index < -0.39 is 0 Å². The first-order valence-corrected chi connectivity index (χ1v) is 6.18. The van der Waals surface area contributed by atoms with E-state index in [-0.39, 0.29) is 0 Å². The Balaban J connectivity index is 2.68. The van der Waals surface area contributed by atoms with Crippen molar-refractivity contribution in [1.82, 2.24) is 5.32 Å². The van der Waals surface area contributed by atoms with Crippen molar-refractivity contribution in [2.24, 2.45) is 5.92 Å². The summed E-state index contributed by atoms with van der Waals surface area (Å²) < 4.78 is 5.72. The van der Waals surface area contributed by atoms with E-state index in [4.69, 9.17) is 4.74 Å². The van der Waals surface area contributed by atoms with Gasteiger partial charge in [-0.1, -0.05) is 44.7 Å². The van der Waals surface area contributed by atoms with Gasteiger partial charge < -0.3 is 10.1 Å². The largest absolute Gasteiger partial charge is 0.489 e. The van der Waals surface area contributed by atoms with E-state index in [1.54, 1.807) is 6.08 Å². The summed E-state index contributed by atoms with van der Waals surface area (Å²) in [5.41, 5.74) is 2.39. The molecule has 0 aromatic heterocycles. The maximum Gasteiger partial charge on any atom is 0.127 e. The van der Waals surface area contributed by atoms with Crippen LogP contribution in [0.5, 0.6) is 5.75 Å². The number of benzene rings is 1. The smallest absolute Gasteiger partial charge is 0.127 e. The van der Waals surface area contributed by atoms with E-state index in [9.17, 15) is 0 Å². The second kappa shape index (κ2) is 7.13. The van der Waals surface area contributed by atoms with Gasteiger partial charge in [-0.2, -0.15) is 0 Å². The Kier molecular flexibility index (Phi) is 5.78. The molecule has 2 nitrogen and oxygen atoms in total. The molecule has 0 saturated carbocycles. The minimum Gasteiger partial charge on any atom is -0.489 e. The van der Waals surface area contributed by atoms with Crippen molar-refractivity contribution in [3.8, 4) is 5.75 Å². The summed E-state index contributed by atoms with van der Waals surface area (Å²) in [6.45, 7) is 12.6. The van der Waals surface area contributed by atoms with Crippen LogP contribution in [-0.2, 0) is 6.54 Å². The molecule has 0 spiro atoms. The fourth-order valence-electron chi connectivity index (χ4n) is 1.70. The molecule has 1 rings (SSSR count). The number of hydrogen-bond acceptors (Lipinski definition) is 2. The highest BCUT2D eigenvalue weighted by Gasteiger charge is 2.06. The fourth-order valence-corrected chi connectivity index (χ4v) is 1.70. The van der Waals surface area contributed by atoms with Crippen molar-refractivity contribution < 1.29 is 4.74 Å². The van der Waals surface area contributed by atoms with Crippen LogP contribution in [0.1, 0.15) is 25.0 Å².